The summed E-state index contributed by atoms with van der Waals surface area (Å²) in [5.41, 5.74) is 3.01. The number of alkyl halides is 3. The fourth-order valence-corrected chi connectivity index (χ4v) is 4.22. The van der Waals surface area contributed by atoms with Gasteiger partial charge in [0.25, 0.3) is 5.91 Å². The Balaban J connectivity index is 1.49. The average molecular weight is 558 g/mol. The molecule has 1 atom stereocenters. The van der Waals surface area contributed by atoms with Crippen molar-refractivity contribution >= 4 is 35.1 Å². The molecule has 9 heteroatoms. The van der Waals surface area contributed by atoms with Crippen LogP contribution in [0, 0.1) is 0 Å². The summed E-state index contributed by atoms with van der Waals surface area (Å²) in [5.74, 6) is -1.56. The third-order valence-electron chi connectivity index (χ3n) is 5.94. The molecule has 0 fully saturated rings. The molecule has 4 nitrogen and oxygen atoms in total. The molecule has 0 radical (unpaired) electrons. The molecule has 1 amide bonds. The Morgan fingerprint density at radius 3 is 1.76 bits per heavy atom. The van der Waals surface area contributed by atoms with E-state index in [2.05, 4.69) is 5.32 Å². The molecular formula is C29H20Cl2F3NO3. The van der Waals surface area contributed by atoms with Crippen molar-refractivity contribution in [2.24, 2.45) is 0 Å². The number of benzene rings is 4. The molecule has 0 bridgehead atoms. The summed E-state index contributed by atoms with van der Waals surface area (Å²) in [5, 5.41) is 13.0. The van der Waals surface area contributed by atoms with Gasteiger partial charge in [-0.1, -0.05) is 77.8 Å². The number of rotatable bonds is 7. The fourth-order valence-electron chi connectivity index (χ4n) is 3.92. The summed E-state index contributed by atoms with van der Waals surface area (Å²) < 4.78 is 38.4. The predicted molar refractivity (Wildman–Crippen MR) is 141 cm³/mol. The van der Waals surface area contributed by atoms with Gasteiger partial charge in [0.1, 0.15) is 0 Å². The van der Waals surface area contributed by atoms with Crippen LogP contribution in [0.2, 0.25) is 10.0 Å². The molecule has 4 aromatic rings. The normalized spacial score (nSPS) is 12.1. The lowest BCUT2D eigenvalue weighted by Gasteiger charge is -2.18. The summed E-state index contributed by atoms with van der Waals surface area (Å²) in [4.78, 5) is 24.4. The Morgan fingerprint density at radius 1 is 0.737 bits per heavy atom. The highest BCUT2D eigenvalue weighted by atomic mass is 35.5. The first kappa shape index (κ1) is 27.2. The van der Waals surface area contributed by atoms with Crippen LogP contribution in [0.4, 0.5) is 13.2 Å². The summed E-state index contributed by atoms with van der Waals surface area (Å²) in [7, 11) is 0. The van der Waals surface area contributed by atoms with Gasteiger partial charge in [-0.3, -0.25) is 9.59 Å². The van der Waals surface area contributed by atoms with E-state index in [1.807, 2.05) is 6.07 Å². The monoisotopic (exact) mass is 557 g/mol. The van der Waals surface area contributed by atoms with Crippen LogP contribution in [0.3, 0.4) is 0 Å². The second-order valence-corrected chi connectivity index (χ2v) is 9.34. The predicted octanol–water partition coefficient (Wildman–Crippen LogP) is 8.29. The van der Waals surface area contributed by atoms with Gasteiger partial charge in [0.2, 0.25) is 0 Å². The van der Waals surface area contributed by atoms with E-state index >= 15 is 0 Å². The van der Waals surface area contributed by atoms with E-state index in [0.29, 0.717) is 26.7 Å². The minimum absolute atomic E-state index is 0.281. The van der Waals surface area contributed by atoms with Crippen molar-refractivity contribution in [2.75, 3.05) is 0 Å². The maximum Gasteiger partial charge on any atom is 0.416 e. The lowest BCUT2D eigenvalue weighted by Crippen LogP contribution is -2.30. The number of carbonyl (C=O) groups is 2. The van der Waals surface area contributed by atoms with Gasteiger partial charge in [0.15, 0.2) is 0 Å². The zero-order valence-electron chi connectivity index (χ0n) is 19.6. The Labute approximate surface area is 226 Å². The summed E-state index contributed by atoms with van der Waals surface area (Å²) in [6.45, 7) is 0. The van der Waals surface area contributed by atoms with Crippen LogP contribution in [-0.4, -0.2) is 17.0 Å². The molecule has 0 aliphatic carbocycles. The van der Waals surface area contributed by atoms with Crippen LogP contribution < -0.4 is 5.32 Å². The molecule has 0 aliphatic heterocycles. The quantitative estimate of drug-likeness (QED) is 0.240. The second kappa shape index (κ2) is 11.3. The molecule has 4 aromatic carbocycles. The van der Waals surface area contributed by atoms with Gasteiger partial charge >= 0.3 is 12.1 Å². The van der Waals surface area contributed by atoms with Crippen LogP contribution in [-0.2, 0) is 11.0 Å². The van der Waals surface area contributed by atoms with Gasteiger partial charge < -0.3 is 10.4 Å². The van der Waals surface area contributed by atoms with Crippen molar-refractivity contribution in [3.63, 3.8) is 0 Å². The largest absolute Gasteiger partial charge is 0.481 e. The smallest absolute Gasteiger partial charge is 0.416 e. The first-order valence-corrected chi connectivity index (χ1v) is 12.1. The van der Waals surface area contributed by atoms with E-state index < -0.39 is 29.7 Å². The average Bonchev–Trinajstić information content (AvgIpc) is 2.89. The fraction of sp³-hybridized carbons (Fsp3) is 0.103. The minimum atomic E-state index is -4.42. The molecule has 0 aromatic heterocycles. The number of nitrogens with one attached hydrogen (secondary N) is 1. The van der Waals surface area contributed by atoms with Crippen molar-refractivity contribution in [2.45, 2.75) is 18.6 Å². The molecule has 0 spiro atoms. The van der Waals surface area contributed by atoms with Gasteiger partial charge in [0.05, 0.1) is 28.1 Å². The summed E-state index contributed by atoms with van der Waals surface area (Å²) in [6.07, 6.45) is -4.75. The lowest BCUT2D eigenvalue weighted by molar-refractivity contribution is -0.138. The highest BCUT2D eigenvalue weighted by Crippen LogP contribution is 2.32. The number of hydrogen-bond acceptors (Lipinski definition) is 2. The summed E-state index contributed by atoms with van der Waals surface area (Å²) in [6, 6.07) is 22.5. The molecule has 0 aliphatic rings. The Morgan fingerprint density at radius 2 is 1.24 bits per heavy atom. The molecule has 0 saturated carbocycles. The van der Waals surface area contributed by atoms with E-state index in [0.717, 1.165) is 23.3 Å². The van der Waals surface area contributed by atoms with E-state index in [9.17, 15) is 27.9 Å². The molecule has 194 valence electrons. The van der Waals surface area contributed by atoms with E-state index in [4.69, 9.17) is 23.2 Å². The van der Waals surface area contributed by atoms with Gasteiger partial charge in [-0.25, -0.2) is 0 Å². The van der Waals surface area contributed by atoms with Gasteiger partial charge in [-0.05, 0) is 64.2 Å². The number of amides is 1. The highest BCUT2D eigenvalue weighted by Gasteiger charge is 2.30. The number of carboxylic acid groups (broad SMARTS) is 1. The maximum atomic E-state index is 12.9. The van der Waals surface area contributed by atoms with Crippen LogP contribution in [0.1, 0.15) is 33.9 Å². The minimum Gasteiger partial charge on any atom is -0.481 e. The third kappa shape index (κ3) is 6.54. The van der Waals surface area contributed by atoms with Crippen molar-refractivity contribution in [1.82, 2.24) is 5.32 Å². The Kier molecular flexibility index (Phi) is 8.09. The van der Waals surface area contributed by atoms with Crippen molar-refractivity contribution in [3.05, 3.63) is 118 Å². The van der Waals surface area contributed by atoms with E-state index in [-0.39, 0.29) is 12.0 Å². The molecular weight excluding hydrogens is 538 g/mol. The zero-order chi connectivity index (χ0) is 27.4. The number of halogens is 5. The van der Waals surface area contributed by atoms with Gasteiger partial charge in [-0.2, -0.15) is 13.2 Å². The molecule has 2 N–H and O–H groups in total. The molecule has 38 heavy (non-hydrogen) atoms. The van der Waals surface area contributed by atoms with Crippen LogP contribution in [0.25, 0.3) is 22.3 Å². The Hall–Kier alpha value is -3.81. The standard InChI is InChI=1S/C29H20Cl2F3NO3/c30-24-14-11-22(15-25(24)31)19-1-5-20(6-2-19)26(16-27(36)37)35-28(38)21-7-3-17(4-8-21)18-9-12-23(13-10-18)29(32,33)34/h1-15,26H,16H2,(H,35,38)(H,36,37). The van der Waals surface area contributed by atoms with E-state index in [1.165, 1.54) is 24.3 Å². The van der Waals surface area contributed by atoms with Crippen LogP contribution in [0.5, 0.6) is 0 Å². The third-order valence-corrected chi connectivity index (χ3v) is 6.68. The number of aliphatic carboxylic acids is 1. The topological polar surface area (TPSA) is 66.4 Å². The van der Waals surface area contributed by atoms with Crippen LogP contribution in [0.15, 0.2) is 91.0 Å². The number of carboxylic acids is 1. The van der Waals surface area contributed by atoms with E-state index in [1.54, 1.807) is 48.5 Å². The van der Waals surface area contributed by atoms with Crippen molar-refractivity contribution in [3.8, 4) is 22.3 Å². The maximum absolute atomic E-state index is 12.9. The Bertz CT molecular complexity index is 1450. The lowest BCUT2D eigenvalue weighted by atomic mass is 9.98. The second-order valence-electron chi connectivity index (χ2n) is 8.53. The zero-order valence-corrected chi connectivity index (χ0v) is 21.1. The SMILES string of the molecule is O=C(O)CC(NC(=O)c1ccc(-c2ccc(C(F)(F)F)cc2)cc1)c1ccc(-c2ccc(Cl)c(Cl)c2)cc1. The van der Waals surface area contributed by atoms with Gasteiger partial charge in [-0.15, -0.1) is 0 Å². The molecule has 1 unspecified atom stereocenters. The van der Waals surface area contributed by atoms with Crippen LogP contribution >= 0.6 is 23.2 Å². The first-order valence-electron chi connectivity index (χ1n) is 11.4. The van der Waals surface area contributed by atoms with Crippen molar-refractivity contribution < 1.29 is 27.9 Å². The van der Waals surface area contributed by atoms with Crippen molar-refractivity contribution in [1.29, 1.82) is 0 Å². The molecule has 4 rings (SSSR count). The van der Waals surface area contributed by atoms with Gasteiger partial charge in [0, 0.05) is 5.56 Å². The first-order chi connectivity index (χ1) is 18.0. The summed E-state index contributed by atoms with van der Waals surface area (Å²) >= 11 is 12.1. The number of carbonyl (C=O) groups excluding carboxylic acids is 1. The number of hydrogen-bond donors (Lipinski definition) is 2. The highest BCUT2D eigenvalue weighted by molar-refractivity contribution is 6.42. The molecule has 0 heterocycles. The molecule has 0 saturated heterocycles.